The number of carbonyl (C=O) groups excluding carboxylic acids is 1. The molecular weight excluding hydrogens is 346 g/mol. The lowest BCUT2D eigenvalue weighted by Gasteiger charge is -2.35. The Morgan fingerprint density at radius 2 is 1.96 bits per heavy atom. The van der Waals surface area contributed by atoms with Crippen LogP contribution in [0.15, 0.2) is 64.5 Å². The molecule has 8 heteroatoms. The fraction of sp³-hybridized carbons (Fsp3) is 0.211. The third-order valence-electron chi connectivity index (χ3n) is 4.16. The van der Waals surface area contributed by atoms with Crippen LogP contribution in [0.5, 0.6) is 0 Å². The third-order valence-corrected chi connectivity index (χ3v) is 4.16. The van der Waals surface area contributed by atoms with Crippen molar-refractivity contribution in [2.45, 2.75) is 25.8 Å². The number of primary amides is 1. The highest BCUT2D eigenvalue weighted by Gasteiger charge is 2.30. The first kappa shape index (κ1) is 18.2. The molecule has 27 heavy (non-hydrogen) atoms. The van der Waals surface area contributed by atoms with Crippen molar-refractivity contribution in [2.24, 2.45) is 16.0 Å². The van der Waals surface area contributed by atoms with Crippen LogP contribution in [-0.4, -0.2) is 16.4 Å². The number of nitro benzene ring substituents is 1. The number of nitrogens with zero attached hydrogens (tertiary/aromatic N) is 3. The smallest absolute Gasteiger partial charge is 0.271 e. The highest BCUT2D eigenvalue weighted by molar-refractivity contribution is 6.00. The molecule has 0 aromatic heterocycles. The Balaban J connectivity index is 2.09. The zero-order chi connectivity index (χ0) is 19.6. The van der Waals surface area contributed by atoms with Crippen LogP contribution in [0.3, 0.4) is 0 Å². The summed E-state index contributed by atoms with van der Waals surface area (Å²) in [6.45, 7) is 4.03. The van der Waals surface area contributed by atoms with Gasteiger partial charge < -0.3 is 11.1 Å². The number of benzene rings is 2. The number of hydrogen-bond acceptors (Lipinski definition) is 6. The number of nitrogens with one attached hydrogen (secondary N) is 1. The molecule has 0 bridgehead atoms. The Morgan fingerprint density at radius 3 is 2.67 bits per heavy atom. The van der Waals surface area contributed by atoms with Crippen molar-refractivity contribution >= 4 is 23.0 Å². The molecule has 1 aliphatic rings. The molecule has 1 amide bonds. The molecule has 2 aromatic carbocycles. The summed E-state index contributed by atoms with van der Waals surface area (Å²) in [5, 5.41) is 22.2. The fourth-order valence-electron chi connectivity index (χ4n) is 3.03. The lowest BCUT2D eigenvalue weighted by molar-refractivity contribution is -0.384. The summed E-state index contributed by atoms with van der Waals surface area (Å²) in [6.07, 6.45) is 0.779. The quantitative estimate of drug-likeness (QED) is 0.373. The van der Waals surface area contributed by atoms with Crippen molar-refractivity contribution in [1.29, 1.82) is 0 Å². The molecule has 2 aromatic rings. The normalized spacial score (nSPS) is 17.1. The Hall–Kier alpha value is -3.55. The van der Waals surface area contributed by atoms with Crippen LogP contribution >= 0.6 is 0 Å². The largest absolute Gasteiger partial charge is 0.377 e. The van der Waals surface area contributed by atoms with Crippen molar-refractivity contribution in [1.82, 2.24) is 5.32 Å². The molecule has 0 saturated heterocycles. The molecule has 0 spiro atoms. The predicted octanol–water partition coefficient (Wildman–Crippen LogP) is 3.46. The molecule has 1 heterocycles. The van der Waals surface area contributed by atoms with E-state index in [4.69, 9.17) is 5.73 Å². The van der Waals surface area contributed by atoms with E-state index in [9.17, 15) is 14.9 Å². The maximum atomic E-state index is 12.1. The minimum atomic E-state index is -0.737. The molecule has 8 nitrogen and oxygen atoms in total. The minimum absolute atomic E-state index is 0.0262. The summed E-state index contributed by atoms with van der Waals surface area (Å²) in [4.78, 5) is 22.5. The molecule has 0 saturated carbocycles. The molecule has 0 radical (unpaired) electrons. The Bertz CT molecular complexity index is 979. The number of azo groups is 1. The predicted molar refractivity (Wildman–Crippen MR) is 101 cm³/mol. The van der Waals surface area contributed by atoms with E-state index >= 15 is 0 Å². The van der Waals surface area contributed by atoms with Crippen molar-refractivity contribution in [2.75, 3.05) is 0 Å². The van der Waals surface area contributed by atoms with Gasteiger partial charge in [-0.05, 0) is 31.9 Å². The molecule has 0 fully saturated rings. The summed E-state index contributed by atoms with van der Waals surface area (Å²) < 4.78 is 0. The van der Waals surface area contributed by atoms with E-state index in [-0.39, 0.29) is 22.6 Å². The van der Waals surface area contributed by atoms with E-state index < -0.39 is 10.8 Å². The molecule has 3 rings (SSSR count). The van der Waals surface area contributed by atoms with E-state index in [0.29, 0.717) is 5.70 Å². The number of carbonyl (C=O) groups is 1. The molecule has 0 atom stereocenters. The van der Waals surface area contributed by atoms with Crippen molar-refractivity contribution in [3.63, 3.8) is 0 Å². The lowest BCUT2D eigenvalue weighted by atomic mass is 9.85. The van der Waals surface area contributed by atoms with Crippen LogP contribution in [0.1, 0.15) is 25.0 Å². The highest BCUT2D eigenvalue weighted by atomic mass is 16.6. The molecular formula is C19H19N5O3. The molecule has 1 aliphatic heterocycles. The minimum Gasteiger partial charge on any atom is -0.377 e. The fourth-order valence-corrected chi connectivity index (χ4v) is 3.03. The van der Waals surface area contributed by atoms with Gasteiger partial charge in [0.15, 0.2) is 5.70 Å². The van der Waals surface area contributed by atoms with Gasteiger partial charge in [0.1, 0.15) is 0 Å². The maximum Gasteiger partial charge on any atom is 0.271 e. The van der Waals surface area contributed by atoms with Gasteiger partial charge in [0.05, 0.1) is 16.3 Å². The number of nitrogens with two attached hydrogens (primary N) is 1. The number of nitro groups is 1. The average Bonchev–Trinajstić information content (AvgIpc) is 2.60. The van der Waals surface area contributed by atoms with Crippen molar-refractivity contribution in [3.05, 3.63) is 75.5 Å². The zero-order valence-electron chi connectivity index (χ0n) is 15.0. The molecule has 3 N–H and O–H groups in total. The van der Waals surface area contributed by atoms with Gasteiger partial charge in [-0.25, -0.2) is 0 Å². The van der Waals surface area contributed by atoms with E-state index in [1.807, 2.05) is 38.1 Å². The summed E-state index contributed by atoms with van der Waals surface area (Å²) >= 11 is 0. The van der Waals surface area contributed by atoms with Gasteiger partial charge in [0.25, 0.3) is 11.6 Å². The second-order valence-electron chi connectivity index (χ2n) is 6.91. The maximum absolute atomic E-state index is 12.1. The highest BCUT2D eigenvalue weighted by Crippen LogP contribution is 2.32. The van der Waals surface area contributed by atoms with Gasteiger partial charge in [-0.3, -0.25) is 14.9 Å². The SMILES string of the molecule is CC1(C)Cc2ccccc2/C(=C(\N=N\c2cccc([N+](=O)[O-])c2)C(N)=O)N1. The van der Waals surface area contributed by atoms with E-state index in [1.54, 1.807) is 6.07 Å². The van der Waals surface area contributed by atoms with Gasteiger partial charge in [-0.1, -0.05) is 30.3 Å². The van der Waals surface area contributed by atoms with Gasteiger partial charge in [0, 0.05) is 23.2 Å². The van der Waals surface area contributed by atoms with E-state index in [2.05, 4.69) is 15.5 Å². The number of hydrogen-bond donors (Lipinski definition) is 2. The average molecular weight is 365 g/mol. The molecule has 0 aliphatic carbocycles. The van der Waals surface area contributed by atoms with Crippen LogP contribution < -0.4 is 11.1 Å². The molecule has 138 valence electrons. The third kappa shape index (κ3) is 4.00. The molecule has 0 unspecified atom stereocenters. The monoisotopic (exact) mass is 365 g/mol. The summed E-state index contributed by atoms with van der Waals surface area (Å²) in [6, 6.07) is 13.4. The Kier molecular flexibility index (Phi) is 4.72. The Labute approximate surface area is 155 Å². The van der Waals surface area contributed by atoms with E-state index in [0.717, 1.165) is 17.5 Å². The topological polar surface area (TPSA) is 123 Å². The summed E-state index contributed by atoms with van der Waals surface area (Å²) in [5.41, 5.74) is 7.79. The van der Waals surface area contributed by atoms with Gasteiger partial charge >= 0.3 is 0 Å². The summed E-state index contributed by atoms with van der Waals surface area (Å²) in [7, 11) is 0. The second kappa shape index (κ2) is 6.99. The van der Waals surface area contributed by atoms with Crippen molar-refractivity contribution < 1.29 is 9.72 Å². The van der Waals surface area contributed by atoms with Gasteiger partial charge in [-0.2, -0.15) is 5.11 Å². The van der Waals surface area contributed by atoms with Crippen LogP contribution in [-0.2, 0) is 11.2 Å². The number of rotatable bonds is 4. The van der Waals surface area contributed by atoms with Gasteiger partial charge in [0.2, 0.25) is 0 Å². The summed E-state index contributed by atoms with van der Waals surface area (Å²) in [5.74, 6) is -0.737. The first-order chi connectivity index (χ1) is 12.8. The standard InChI is InChI=1S/C19H19N5O3/c1-19(2)11-12-6-3-4-9-15(12)16(21-19)17(18(20)25)23-22-13-7-5-8-14(10-13)24(26)27/h3-10,21H,11H2,1-2H3,(H2,20,25)/b17-16+,23-22+. The first-order valence-corrected chi connectivity index (χ1v) is 8.33. The number of non-ortho nitro benzene ring substituents is 1. The first-order valence-electron chi connectivity index (χ1n) is 8.33. The van der Waals surface area contributed by atoms with Crippen LogP contribution in [0.4, 0.5) is 11.4 Å². The zero-order valence-corrected chi connectivity index (χ0v) is 15.0. The number of amides is 1. The van der Waals surface area contributed by atoms with Crippen LogP contribution in [0.25, 0.3) is 5.70 Å². The lowest BCUT2D eigenvalue weighted by Crippen LogP contribution is -2.44. The number of fused-ring (bicyclic) bond motifs is 1. The Morgan fingerprint density at radius 1 is 1.22 bits per heavy atom. The van der Waals surface area contributed by atoms with Gasteiger partial charge in [-0.15, -0.1) is 5.11 Å². The second-order valence-corrected chi connectivity index (χ2v) is 6.91. The van der Waals surface area contributed by atoms with E-state index in [1.165, 1.54) is 18.2 Å². The van der Waals surface area contributed by atoms with Crippen molar-refractivity contribution in [3.8, 4) is 0 Å². The van der Waals surface area contributed by atoms with Crippen LogP contribution in [0, 0.1) is 10.1 Å². The van der Waals surface area contributed by atoms with Crippen LogP contribution in [0.2, 0.25) is 0 Å².